The molecule has 0 aromatic heterocycles. The van der Waals surface area contributed by atoms with Gasteiger partial charge in [0.05, 0.1) is 6.61 Å². The summed E-state index contributed by atoms with van der Waals surface area (Å²) >= 11 is 0. The lowest BCUT2D eigenvalue weighted by Gasteiger charge is -2.11. The molecule has 0 fully saturated rings. The third-order valence-corrected chi connectivity index (χ3v) is 2.09. The molecule has 16 heavy (non-hydrogen) atoms. The molecule has 0 bridgehead atoms. The maximum atomic E-state index is 11.5. The van der Waals surface area contributed by atoms with Gasteiger partial charge in [-0.05, 0) is 12.5 Å². The molecule has 0 saturated carbocycles. The molecule has 0 saturated heterocycles. The molecular weight excluding hydrogens is 206 g/mol. The van der Waals surface area contributed by atoms with Crippen molar-refractivity contribution in [3.63, 3.8) is 0 Å². The summed E-state index contributed by atoms with van der Waals surface area (Å²) in [7, 11) is 0. The first-order valence-electron chi connectivity index (χ1n) is 5.30. The molecule has 1 aromatic rings. The first-order chi connectivity index (χ1) is 7.75. The lowest BCUT2D eigenvalue weighted by molar-refractivity contribution is -0.146. The number of esters is 1. The molecule has 88 valence electrons. The smallest absolute Gasteiger partial charge is 0.327 e. The van der Waals surface area contributed by atoms with Crippen LogP contribution in [-0.2, 0) is 14.3 Å². The van der Waals surface area contributed by atoms with E-state index in [1.807, 2.05) is 25.1 Å². The SMILES string of the molecule is CCOCCOC(=O)[C@H](N)c1ccccc1. The Labute approximate surface area is 95.3 Å². The van der Waals surface area contributed by atoms with Gasteiger partial charge in [0.2, 0.25) is 0 Å². The molecule has 4 nitrogen and oxygen atoms in total. The summed E-state index contributed by atoms with van der Waals surface area (Å²) in [6.45, 7) is 3.15. The molecule has 0 amide bonds. The Hall–Kier alpha value is -1.39. The fourth-order valence-electron chi connectivity index (χ4n) is 1.23. The van der Waals surface area contributed by atoms with Gasteiger partial charge in [-0.2, -0.15) is 0 Å². The maximum Gasteiger partial charge on any atom is 0.327 e. The minimum atomic E-state index is -0.720. The van der Waals surface area contributed by atoms with Gasteiger partial charge in [-0.25, -0.2) is 4.79 Å². The standard InChI is InChI=1S/C12H17NO3/c1-2-15-8-9-16-12(14)11(13)10-6-4-3-5-7-10/h3-7,11H,2,8-9,13H2,1H3/t11-/m1/s1. The second kappa shape index (κ2) is 6.98. The van der Waals surface area contributed by atoms with Gasteiger partial charge in [0.25, 0.3) is 0 Å². The fraction of sp³-hybridized carbons (Fsp3) is 0.417. The average Bonchev–Trinajstić information content (AvgIpc) is 2.34. The topological polar surface area (TPSA) is 61.5 Å². The summed E-state index contributed by atoms with van der Waals surface area (Å²) in [5.41, 5.74) is 6.49. The van der Waals surface area contributed by atoms with Crippen LogP contribution in [0.1, 0.15) is 18.5 Å². The van der Waals surface area contributed by atoms with Crippen molar-refractivity contribution in [3.8, 4) is 0 Å². The summed E-state index contributed by atoms with van der Waals surface area (Å²) in [4.78, 5) is 11.5. The first kappa shape index (κ1) is 12.7. The number of hydrogen-bond donors (Lipinski definition) is 1. The number of hydrogen-bond acceptors (Lipinski definition) is 4. The van der Waals surface area contributed by atoms with E-state index in [4.69, 9.17) is 15.2 Å². The Morgan fingerprint density at radius 3 is 2.62 bits per heavy atom. The summed E-state index contributed by atoms with van der Waals surface area (Å²) in [6, 6.07) is 8.42. The molecule has 0 radical (unpaired) electrons. The van der Waals surface area contributed by atoms with Crippen molar-refractivity contribution in [1.82, 2.24) is 0 Å². The minimum Gasteiger partial charge on any atom is -0.462 e. The van der Waals surface area contributed by atoms with Crippen molar-refractivity contribution < 1.29 is 14.3 Å². The highest BCUT2D eigenvalue weighted by atomic mass is 16.6. The van der Waals surface area contributed by atoms with E-state index in [2.05, 4.69) is 0 Å². The van der Waals surface area contributed by atoms with Gasteiger partial charge in [-0.1, -0.05) is 30.3 Å². The highest BCUT2D eigenvalue weighted by Gasteiger charge is 2.16. The second-order valence-electron chi connectivity index (χ2n) is 3.25. The van der Waals surface area contributed by atoms with E-state index in [-0.39, 0.29) is 6.61 Å². The van der Waals surface area contributed by atoms with Gasteiger partial charge in [0.15, 0.2) is 0 Å². The van der Waals surface area contributed by atoms with E-state index in [9.17, 15) is 4.79 Å². The number of ether oxygens (including phenoxy) is 2. The van der Waals surface area contributed by atoms with Crippen LogP contribution >= 0.6 is 0 Å². The number of rotatable bonds is 6. The largest absolute Gasteiger partial charge is 0.462 e. The predicted octanol–water partition coefficient (Wildman–Crippen LogP) is 1.27. The molecule has 1 rings (SSSR count). The zero-order valence-corrected chi connectivity index (χ0v) is 9.39. The highest BCUT2D eigenvalue weighted by Crippen LogP contribution is 2.10. The molecule has 0 unspecified atom stereocenters. The van der Waals surface area contributed by atoms with E-state index in [1.54, 1.807) is 12.1 Å². The van der Waals surface area contributed by atoms with Crippen LogP contribution in [0.2, 0.25) is 0 Å². The van der Waals surface area contributed by atoms with Gasteiger partial charge in [0, 0.05) is 6.61 Å². The predicted molar refractivity (Wildman–Crippen MR) is 60.8 cm³/mol. The van der Waals surface area contributed by atoms with Crippen LogP contribution in [-0.4, -0.2) is 25.8 Å². The third-order valence-electron chi connectivity index (χ3n) is 2.09. The summed E-state index contributed by atoms with van der Waals surface area (Å²) < 4.78 is 10.0. The molecule has 0 heterocycles. The van der Waals surface area contributed by atoms with E-state index in [0.717, 1.165) is 5.56 Å². The molecule has 0 aliphatic rings. The number of carbonyl (C=O) groups excluding carboxylic acids is 1. The molecule has 0 aliphatic carbocycles. The van der Waals surface area contributed by atoms with Crippen molar-refractivity contribution >= 4 is 5.97 Å². The first-order valence-corrected chi connectivity index (χ1v) is 5.30. The Bertz CT molecular complexity index is 313. The molecule has 1 aromatic carbocycles. The minimum absolute atomic E-state index is 0.243. The quantitative estimate of drug-likeness (QED) is 0.582. The summed E-state index contributed by atoms with van der Waals surface area (Å²) in [6.07, 6.45) is 0. The van der Waals surface area contributed by atoms with Crippen LogP contribution in [0, 0.1) is 0 Å². The molecule has 2 N–H and O–H groups in total. The fourth-order valence-corrected chi connectivity index (χ4v) is 1.23. The molecule has 0 aliphatic heterocycles. The Morgan fingerprint density at radius 1 is 1.31 bits per heavy atom. The van der Waals surface area contributed by atoms with Crippen molar-refractivity contribution in [2.45, 2.75) is 13.0 Å². The number of benzene rings is 1. The second-order valence-corrected chi connectivity index (χ2v) is 3.25. The molecule has 1 atom stereocenters. The van der Waals surface area contributed by atoms with Crippen LogP contribution in [0.25, 0.3) is 0 Å². The van der Waals surface area contributed by atoms with E-state index in [0.29, 0.717) is 13.2 Å². The van der Waals surface area contributed by atoms with Gasteiger partial charge in [0.1, 0.15) is 12.6 Å². The lowest BCUT2D eigenvalue weighted by Crippen LogP contribution is -2.25. The van der Waals surface area contributed by atoms with Gasteiger partial charge in [-0.3, -0.25) is 0 Å². The monoisotopic (exact) mass is 223 g/mol. The van der Waals surface area contributed by atoms with Crippen molar-refractivity contribution in [2.24, 2.45) is 5.73 Å². The summed E-state index contributed by atoms with van der Waals surface area (Å²) in [5.74, 6) is -0.425. The normalized spacial score (nSPS) is 12.1. The Morgan fingerprint density at radius 2 is 2.00 bits per heavy atom. The van der Waals surface area contributed by atoms with Crippen LogP contribution in [0.4, 0.5) is 0 Å². The molecule has 0 spiro atoms. The van der Waals surface area contributed by atoms with E-state index >= 15 is 0 Å². The van der Waals surface area contributed by atoms with Crippen LogP contribution < -0.4 is 5.73 Å². The zero-order chi connectivity index (χ0) is 11.8. The lowest BCUT2D eigenvalue weighted by atomic mass is 10.1. The van der Waals surface area contributed by atoms with Crippen molar-refractivity contribution in [1.29, 1.82) is 0 Å². The zero-order valence-electron chi connectivity index (χ0n) is 9.39. The highest BCUT2D eigenvalue weighted by molar-refractivity contribution is 5.77. The number of carbonyl (C=O) groups is 1. The van der Waals surface area contributed by atoms with Gasteiger partial charge < -0.3 is 15.2 Å². The molecule has 4 heteroatoms. The van der Waals surface area contributed by atoms with Crippen LogP contribution in [0.3, 0.4) is 0 Å². The van der Waals surface area contributed by atoms with E-state index in [1.165, 1.54) is 0 Å². The van der Waals surface area contributed by atoms with Gasteiger partial charge >= 0.3 is 5.97 Å². The average molecular weight is 223 g/mol. The van der Waals surface area contributed by atoms with Gasteiger partial charge in [-0.15, -0.1) is 0 Å². The van der Waals surface area contributed by atoms with Crippen LogP contribution in [0.5, 0.6) is 0 Å². The van der Waals surface area contributed by atoms with Crippen molar-refractivity contribution in [2.75, 3.05) is 19.8 Å². The third kappa shape index (κ3) is 4.00. The Kier molecular flexibility index (Phi) is 5.53. The summed E-state index contributed by atoms with van der Waals surface area (Å²) in [5, 5.41) is 0. The van der Waals surface area contributed by atoms with Crippen LogP contribution in [0.15, 0.2) is 30.3 Å². The van der Waals surface area contributed by atoms with Crippen molar-refractivity contribution in [3.05, 3.63) is 35.9 Å². The number of nitrogens with two attached hydrogens (primary N) is 1. The Balaban J connectivity index is 2.37. The van der Waals surface area contributed by atoms with E-state index < -0.39 is 12.0 Å². The maximum absolute atomic E-state index is 11.5. The molecular formula is C12H17NO3.